The van der Waals surface area contributed by atoms with Crippen LogP contribution < -0.4 is 10.5 Å². The topological polar surface area (TPSA) is 51.1 Å². The molecule has 2 heterocycles. The van der Waals surface area contributed by atoms with E-state index in [0.717, 1.165) is 22.5 Å². The van der Waals surface area contributed by atoms with E-state index < -0.39 is 6.23 Å². The molecule has 6 heteroatoms. The second-order valence-corrected chi connectivity index (χ2v) is 5.92. The average molecular weight is 327 g/mol. The number of halogens is 1. The highest BCUT2D eigenvalue weighted by molar-refractivity contribution is 6.31. The normalized spacial score (nSPS) is 19.7. The summed E-state index contributed by atoms with van der Waals surface area (Å²) in [6.07, 6.45) is 0.856. The van der Waals surface area contributed by atoms with Gasteiger partial charge < -0.3 is 5.11 Å². The largest absolute Gasteiger partial charge is 0.367 e. The smallest absolute Gasteiger partial charge is 0.190 e. The van der Waals surface area contributed by atoms with Gasteiger partial charge in [-0.05, 0) is 18.2 Å². The molecule has 2 aliphatic rings. The van der Waals surface area contributed by atoms with E-state index in [0.29, 0.717) is 10.7 Å². The molecule has 116 valence electrons. The Morgan fingerprint density at radius 2 is 1.96 bits per heavy atom. The molecule has 0 bridgehead atoms. The molecule has 0 saturated carbocycles. The number of hydrazine groups is 2. The Morgan fingerprint density at radius 3 is 2.74 bits per heavy atom. The van der Waals surface area contributed by atoms with Crippen LogP contribution in [0.5, 0.6) is 0 Å². The fraction of sp³-hybridized carbons (Fsp3) is 0.118. The van der Waals surface area contributed by atoms with E-state index in [4.69, 9.17) is 11.6 Å². The van der Waals surface area contributed by atoms with Gasteiger partial charge >= 0.3 is 0 Å². The van der Waals surface area contributed by atoms with Gasteiger partial charge in [-0.2, -0.15) is 0 Å². The Labute approximate surface area is 139 Å². The van der Waals surface area contributed by atoms with E-state index in [2.05, 4.69) is 10.5 Å². The van der Waals surface area contributed by atoms with Crippen molar-refractivity contribution in [2.24, 2.45) is 4.99 Å². The van der Waals surface area contributed by atoms with Crippen molar-refractivity contribution in [3.63, 3.8) is 0 Å². The first-order valence-electron chi connectivity index (χ1n) is 7.25. The fourth-order valence-corrected chi connectivity index (χ4v) is 3.02. The zero-order chi connectivity index (χ0) is 16.0. The third kappa shape index (κ3) is 2.39. The van der Waals surface area contributed by atoms with E-state index in [-0.39, 0.29) is 0 Å². The molecule has 0 aromatic heterocycles. The summed E-state index contributed by atoms with van der Waals surface area (Å²) in [5.74, 6) is 0. The van der Waals surface area contributed by atoms with Gasteiger partial charge in [0.15, 0.2) is 6.23 Å². The fourth-order valence-electron chi connectivity index (χ4n) is 2.85. The maximum Gasteiger partial charge on any atom is 0.190 e. The van der Waals surface area contributed by atoms with Crippen molar-refractivity contribution in [2.45, 2.75) is 6.23 Å². The second kappa shape index (κ2) is 5.38. The summed E-state index contributed by atoms with van der Waals surface area (Å²) < 4.78 is 0. The highest BCUT2D eigenvalue weighted by atomic mass is 35.5. The van der Waals surface area contributed by atoms with E-state index in [9.17, 15) is 5.11 Å². The van der Waals surface area contributed by atoms with Crippen molar-refractivity contribution in [1.29, 1.82) is 0 Å². The lowest BCUT2D eigenvalue weighted by Crippen LogP contribution is -2.40. The SMILES string of the molecule is CN1C=C2C(O)N=C(c3ccccc3)c3cc(Cl)ccc3N2N1. The molecule has 23 heavy (non-hydrogen) atoms. The van der Waals surface area contributed by atoms with Crippen LogP contribution in [0.2, 0.25) is 5.02 Å². The molecule has 0 amide bonds. The first kappa shape index (κ1) is 14.3. The summed E-state index contributed by atoms with van der Waals surface area (Å²) in [7, 11) is 1.87. The Hall–Kier alpha value is -2.34. The number of aliphatic hydroxyl groups is 1. The van der Waals surface area contributed by atoms with E-state index in [1.807, 2.05) is 66.8 Å². The minimum atomic E-state index is -0.964. The molecule has 0 radical (unpaired) electrons. The number of aliphatic hydroxyl groups excluding tert-OH is 1. The molecule has 0 spiro atoms. The van der Waals surface area contributed by atoms with E-state index in [1.54, 1.807) is 5.01 Å². The molecule has 0 aliphatic carbocycles. The Bertz CT molecular complexity index is 819. The predicted octanol–water partition coefficient (Wildman–Crippen LogP) is 2.52. The van der Waals surface area contributed by atoms with Crippen molar-refractivity contribution >= 4 is 23.0 Å². The molecule has 1 atom stereocenters. The molecule has 2 aliphatic heterocycles. The maximum atomic E-state index is 10.6. The molecule has 0 saturated heterocycles. The van der Waals surface area contributed by atoms with Crippen molar-refractivity contribution in [1.82, 2.24) is 10.5 Å². The Kier molecular flexibility index (Phi) is 3.34. The van der Waals surface area contributed by atoms with Crippen molar-refractivity contribution in [3.05, 3.63) is 76.6 Å². The van der Waals surface area contributed by atoms with Crippen LogP contribution in [-0.2, 0) is 0 Å². The van der Waals surface area contributed by atoms with E-state index >= 15 is 0 Å². The highest BCUT2D eigenvalue weighted by Crippen LogP contribution is 2.34. The molecule has 2 N–H and O–H groups in total. The van der Waals surface area contributed by atoms with Crippen LogP contribution >= 0.6 is 11.6 Å². The molecular formula is C17H15ClN4O. The molecule has 5 nitrogen and oxygen atoms in total. The summed E-state index contributed by atoms with van der Waals surface area (Å²) in [4.78, 5) is 4.54. The molecule has 2 aromatic carbocycles. The third-order valence-corrected chi connectivity index (χ3v) is 4.09. The van der Waals surface area contributed by atoms with Gasteiger partial charge in [0.05, 0.1) is 11.4 Å². The number of fused-ring (bicyclic) bond motifs is 3. The van der Waals surface area contributed by atoms with Gasteiger partial charge in [-0.15, -0.1) is 5.53 Å². The number of aliphatic imine (C=N–C) groups is 1. The Morgan fingerprint density at radius 1 is 1.17 bits per heavy atom. The van der Waals surface area contributed by atoms with Gasteiger partial charge in [0, 0.05) is 29.4 Å². The first-order chi connectivity index (χ1) is 11.1. The number of hydrogen-bond donors (Lipinski definition) is 2. The lowest BCUT2D eigenvalue weighted by molar-refractivity contribution is 0.218. The number of nitrogens with zero attached hydrogens (tertiary/aromatic N) is 3. The quantitative estimate of drug-likeness (QED) is 0.845. The minimum absolute atomic E-state index is 0.627. The van der Waals surface area contributed by atoms with Crippen LogP contribution in [0.4, 0.5) is 5.69 Å². The number of nitrogens with one attached hydrogen (secondary N) is 1. The van der Waals surface area contributed by atoms with E-state index in [1.165, 1.54) is 0 Å². The highest BCUT2D eigenvalue weighted by Gasteiger charge is 2.32. The van der Waals surface area contributed by atoms with Gasteiger partial charge in [-0.1, -0.05) is 41.9 Å². The zero-order valence-electron chi connectivity index (χ0n) is 12.4. The number of anilines is 1. The monoisotopic (exact) mass is 326 g/mol. The number of benzene rings is 2. The average Bonchev–Trinajstić information content (AvgIpc) is 2.90. The maximum absolute atomic E-state index is 10.6. The van der Waals surface area contributed by atoms with Gasteiger partial charge in [-0.3, -0.25) is 10.0 Å². The Balaban J connectivity index is 1.97. The predicted molar refractivity (Wildman–Crippen MR) is 91.0 cm³/mol. The van der Waals surface area contributed by atoms with Crippen LogP contribution in [0.3, 0.4) is 0 Å². The standard InChI is InChI=1S/C17H15ClN4O/c1-21-10-15-17(23)19-16(11-5-3-2-4-6-11)13-9-12(18)7-8-14(13)22(15)20-21/h2-10,17,20,23H,1H3. The minimum Gasteiger partial charge on any atom is -0.367 e. The van der Waals surface area contributed by atoms with Gasteiger partial charge in [0.2, 0.25) is 0 Å². The molecular weight excluding hydrogens is 312 g/mol. The number of hydrogen-bond acceptors (Lipinski definition) is 5. The summed E-state index contributed by atoms with van der Waals surface area (Å²) in [6, 6.07) is 15.4. The van der Waals surface area contributed by atoms with Crippen LogP contribution in [0.1, 0.15) is 11.1 Å². The molecule has 1 unspecified atom stereocenters. The summed E-state index contributed by atoms with van der Waals surface area (Å²) in [6.45, 7) is 0. The van der Waals surface area contributed by atoms with Crippen LogP contribution in [0, 0.1) is 0 Å². The lowest BCUT2D eigenvalue weighted by Gasteiger charge is -2.24. The summed E-state index contributed by atoms with van der Waals surface area (Å²) >= 11 is 6.21. The van der Waals surface area contributed by atoms with Crippen molar-refractivity contribution in [2.75, 3.05) is 12.1 Å². The van der Waals surface area contributed by atoms with Crippen molar-refractivity contribution < 1.29 is 5.11 Å². The first-order valence-corrected chi connectivity index (χ1v) is 7.63. The lowest BCUT2D eigenvalue weighted by atomic mass is 10.0. The van der Waals surface area contributed by atoms with Gasteiger partial charge in [0.25, 0.3) is 0 Å². The molecule has 4 rings (SSSR count). The molecule has 2 aromatic rings. The summed E-state index contributed by atoms with van der Waals surface area (Å²) in [5.41, 5.74) is 7.26. The van der Waals surface area contributed by atoms with Gasteiger partial charge in [0.1, 0.15) is 5.70 Å². The van der Waals surface area contributed by atoms with Crippen molar-refractivity contribution in [3.8, 4) is 0 Å². The number of rotatable bonds is 1. The van der Waals surface area contributed by atoms with Crippen LogP contribution in [-0.4, -0.2) is 29.1 Å². The second-order valence-electron chi connectivity index (χ2n) is 5.48. The summed E-state index contributed by atoms with van der Waals surface area (Å²) in [5, 5.41) is 14.8. The van der Waals surface area contributed by atoms with Gasteiger partial charge in [-0.25, -0.2) is 4.99 Å². The third-order valence-electron chi connectivity index (χ3n) is 3.86. The zero-order valence-corrected chi connectivity index (χ0v) is 13.2. The van der Waals surface area contributed by atoms with Crippen LogP contribution in [0.15, 0.2) is 65.4 Å². The van der Waals surface area contributed by atoms with Crippen LogP contribution in [0.25, 0.3) is 0 Å². The molecule has 0 fully saturated rings.